The Morgan fingerprint density at radius 2 is 1.68 bits per heavy atom. The molecule has 162 valence electrons. The summed E-state index contributed by atoms with van der Waals surface area (Å²) in [5.74, 6) is -1.46. The van der Waals surface area contributed by atoms with Crippen LogP contribution in [0.1, 0.15) is 17.2 Å². The predicted octanol–water partition coefficient (Wildman–Crippen LogP) is 3.86. The number of Topliss-reactive ketones (excluding diaryl/α,β-unsaturated/α-hetero) is 1. The van der Waals surface area contributed by atoms with Crippen LogP contribution in [-0.4, -0.2) is 66.0 Å². The maximum absolute atomic E-state index is 13.0. The Morgan fingerprint density at radius 1 is 1.03 bits per heavy atom. The SMILES string of the molecule is O=C1C(=O)N(CCN2CCOCC2)[C@H](c2ccc(Cl)cc2)/C1=C(\O)c1ccc(Br)cc1. The van der Waals surface area contributed by atoms with E-state index in [1.165, 1.54) is 0 Å². The number of morpholine rings is 1. The highest BCUT2D eigenvalue weighted by atomic mass is 79.9. The molecule has 2 aromatic carbocycles. The minimum absolute atomic E-state index is 0.0941. The number of nitrogens with zero attached hydrogens (tertiary/aromatic N) is 2. The molecule has 0 aliphatic carbocycles. The first-order valence-corrected chi connectivity index (χ1v) is 11.2. The fourth-order valence-electron chi connectivity index (χ4n) is 3.94. The lowest BCUT2D eigenvalue weighted by atomic mass is 9.95. The first kappa shape index (κ1) is 22.0. The van der Waals surface area contributed by atoms with Gasteiger partial charge in [0.15, 0.2) is 0 Å². The van der Waals surface area contributed by atoms with Crippen LogP contribution in [0.5, 0.6) is 0 Å². The molecule has 31 heavy (non-hydrogen) atoms. The molecule has 0 unspecified atom stereocenters. The van der Waals surface area contributed by atoms with Gasteiger partial charge in [-0.25, -0.2) is 0 Å². The number of ketones is 1. The van der Waals surface area contributed by atoms with Crippen LogP contribution in [0.15, 0.2) is 58.6 Å². The van der Waals surface area contributed by atoms with Gasteiger partial charge in [-0.1, -0.05) is 51.8 Å². The molecule has 1 amide bonds. The van der Waals surface area contributed by atoms with E-state index in [0.29, 0.717) is 36.9 Å². The minimum Gasteiger partial charge on any atom is -0.507 e. The highest BCUT2D eigenvalue weighted by molar-refractivity contribution is 9.10. The third-order valence-corrected chi connectivity index (χ3v) is 6.38. The van der Waals surface area contributed by atoms with E-state index in [1.54, 1.807) is 53.4 Å². The lowest BCUT2D eigenvalue weighted by Crippen LogP contribution is -2.42. The molecular formula is C23H22BrClN2O4. The Morgan fingerprint density at radius 3 is 2.32 bits per heavy atom. The fraction of sp³-hybridized carbons (Fsp3) is 0.304. The number of carbonyl (C=O) groups excluding carboxylic acids is 2. The first-order chi connectivity index (χ1) is 15.0. The summed E-state index contributed by atoms with van der Waals surface area (Å²) >= 11 is 9.42. The normalized spacial score (nSPS) is 21.6. The molecule has 6 nitrogen and oxygen atoms in total. The maximum Gasteiger partial charge on any atom is 0.295 e. The summed E-state index contributed by atoms with van der Waals surface area (Å²) in [6.07, 6.45) is 0. The monoisotopic (exact) mass is 504 g/mol. The molecule has 2 fully saturated rings. The van der Waals surface area contributed by atoms with E-state index in [9.17, 15) is 14.7 Å². The van der Waals surface area contributed by atoms with Gasteiger partial charge >= 0.3 is 0 Å². The van der Waals surface area contributed by atoms with E-state index in [-0.39, 0.29) is 11.3 Å². The van der Waals surface area contributed by atoms with E-state index in [0.717, 1.165) is 23.1 Å². The summed E-state index contributed by atoms with van der Waals surface area (Å²) in [5, 5.41) is 11.6. The van der Waals surface area contributed by atoms with Gasteiger partial charge in [0.25, 0.3) is 11.7 Å². The molecule has 2 aliphatic rings. The quantitative estimate of drug-likeness (QED) is 0.380. The van der Waals surface area contributed by atoms with Gasteiger partial charge in [0.05, 0.1) is 24.8 Å². The number of hydrogen-bond donors (Lipinski definition) is 1. The molecule has 2 aliphatic heterocycles. The third-order valence-electron chi connectivity index (χ3n) is 5.60. The van der Waals surface area contributed by atoms with Gasteiger partial charge in [0.2, 0.25) is 0 Å². The van der Waals surface area contributed by atoms with E-state index in [2.05, 4.69) is 20.8 Å². The molecule has 0 bridgehead atoms. The number of rotatable bonds is 5. The molecule has 8 heteroatoms. The Bertz CT molecular complexity index is 1000. The second-order valence-corrected chi connectivity index (χ2v) is 8.86. The van der Waals surface area contributed by atoms with Crippen molar-refractivity contribution in [2.45, 2.75) is 6.04 Å². The standard InChI is InChI=1S/C23H22BrClN2O4/c24-17-5-1-16(2-6-17)21(28)19-20(15-3-7-18(25)8-4-15)27(23(30)22(19)29)10-9-26-11-13-31-14-12-26/h1-8,20,28H,9-14H2/b21-19+/t20-/m1/s1. The summed E-state index contributed by atoms with van der Waals surface area (Å²) < 4.78 is 6.24. The van der Waals surface area contributed by atoms with Crippen molar-refractivity contribution in [1.82, 2.24) is 9.80 Å². The van der Waals surface area contributed by atoms with Gasteiger partial charge in [-0.3, -0.25) is 14.5 Å². The third kappa shape index (κ3) is 4.70. The first-order valence-electron chi connectivity index (χ1n) is 10.1. The van der Waals surface area contributed by atoms with Crippen molar-refractivity contribution in [3.63, 3.8) is 0 Å². The lowest BCUT2D eigenvalue weighted by Gasteiger charge is -2.31. The molecule has 0 aromatic heterocycles. The van der Waals surface area contributed by atoms with Gasteiger partial charge in [-0.2, -0.15) is 0 Å². The zero-order chi connectivity index (χ0) is 22.0. The van der Waals surface area contributed by atoms with Gasteiger partial charge in [0, 0.05) is 41.2 Å². The fourth-order valence-corrected chi connectivity index (χ4v) is 4.33. The summed E-state index contributed by atoms with van der Waals surface area (Å²) in [4.78, 5) is 29.8. The van der Waals surface area contributed by atoms with E-state index >= 15 is 0 Å². The van der Waals surface area contributed by atoms with Crippen molar-refractivity contribution in [2.75, 3.05) is 39.4 Å². The van der Waals surface area contributed by atoms with Crippen molar-refractivity contribution >= 4 is 45.0 Å². The zero-order valence-electron chi connectivity index (χ0n) is 16.8. The smallest absolute Gasteiger partial charge is 0.295 e. The van der Waals surface area contributed by atoms with Crippen LogP contribution in [0, 0.1) is 0 Å². The average molecular weight is 506 g/mol. The van der Waals surface area contributed by atoms with Crippen molar-refractivity contribution in [3.8, 4) is 0 Å². The van der Waals surface area contributed by atoms with E-state index in [1.807, 2.05) is 0 Å². The largest absolute Gasteiger partial charge is 0.507 e. The molecular weight excluding hydrogens is 484 g/mol. The van der Waals surface area contributed by atoms with Crippen LogP contribution in [0.4, 0.5) is 0 Å². The molecule has 0 spiro atoms. The number of benzene rings is 2. The van der Waals surface area contributed by atoms with Crippen LogP contribution < -0.4 is 0 Å². The summed E-state index contributed by atoms with van der Waals surface area (Å²) in [5.41, 5.74) is 1.30. The highest BCUT2D eigenvalue weighted by Crippen LogP contribution is 2.39. The number of carbonyl (C=O) groups is 2. The maximum atomic E-state index is 13.0. The zero-order valence-corrected chi connectivity index (χ0v) is 19.1. The molecule has 0 saturated carbocycles. The van der Waals surface area contributed by atoms with Gasteiger partial charge < -0.3 is 14.7 Å². The molecule has 0 radical (unpaired) electrons. The number of halogens is 2. The second kappa shape index (κ2) is 9.53. The van der Waals surface area contributed by atoms with Crippen LogP contribution >= 0.6 is 27.5 Å². The number of likely N-dealkylation sites (tertiary alicyclic amines) is 1. The molecule has 2 saturated heterocycles. The van der Waals surface area contributed by atoms with Crippen LogP contribution in [0.2, 0.25) is 5.02 Å². The predicted molar refractivity (Wildman–Crippen MR) is 122 cm³/mol. The molecule has 2 heterocycles. The Balaban J connectivity index is 1.72. The van der Waals surface area contributed by atoms with Crippen molar-refractivity contribution in [1.29, 1.82) is 0 Å². The Labute approximate surface area is 194 Å². The number of hydrogen-bond acceptors (Lipinski definition) is 5. The van der Waals surface area contributed by atoms with Gasteiger partial charge in [-0.15, -0.1) is 0 Å². The molecule has 4 rings (SSSR count). The summed E-state index contributed by atoms with van der Waals surface area (Å²) in [6, 6.07) is 13.3. The molecule has 1 N–H and O–H groups in total. The van der Waals surface area contributed by atoms with Gasteiger partial charge in [0.1, 0.15) is 5.76 Å². The average Bonchev–Trinajstić information content (AvgIpc) is 3.04. The van der Waals surface area contributed by atoms with Crippen LogP contribution in [0.25, 0.3) is 5.76 Å². The number of ether oxygens (including phenoxy) is 1. The highest BCUT2D eigenvalue weighted by Gasteiger charge is 2.46. The Hall–Kier alpha value is -2.19. The van der Waals surface area contributed by atoms with Crippen molar-refractivity contribution in [3.05, 3.63) is 74.7 Å². The van der Waals surface area contributed by atoms with E-state index in [4.69, 9.17) is 16.3 Å². The number of amides is 1. The molecule has 2 aromatic rings. The lowest BCUT2D eigenvalue weighted by molar-refractivity contribution is -0.140. The van der Waals surface area contributed by atoms with E-state index < -0.39 is 17.7 Å². The van der Waals surface area contributed by atoms with Crippen LogP contribution in [-0.2, 0) is 14.3 Å². The van der Waals surface area contributed by atoms with Crippen molar-refractivity contribution in [2.24, 2.45) is 0 Å². The Kier molecular flexibility index (Phi) is 6.77. The van der Waals surface area contributed by atoms with Crippen molar-refractivity contribution < 1.29 is 19.4 Å². The number of aliphatic hydroxyl groups excluding tert-OH is 1. The summed E-state index contributed by atoms with van der Waals surface area (Å²) in [6.45, 7) is 3.88. The van der Waals surface area contributed by atoms with Gasteiger partial charge in [-0.05, 0) is 29.8 Å². The topological polar surface area (TPSA) is 70.1 Å². The molecule has 1 atom stereocenters. The van der Waals surface area contributed by atoms with Crippen LogP contribution in [0.3, 0.4) is 0 Å². The second-order valence-electron chi connectivity index (χ2n) is 7.50. The number of aliphatic hydroxyl groups is 1. The summed E-state index contributed by atoms with van der Waals surface area (Å²) in [7, 11) is 0. The minimum atomic E-state index is -0.679.